The molecule has 0 aromatic carbocycles. The third-order valence-electron chi connectivity index (χ3n) is 2.33. The first-order chi connectivity index (χ1) is 7.90. The van der Waals surface area contributed by atoms with Gasteiger partial charge < -0.3 is 21.5 Å². The fourth-order valence-corrected chi connectivity index (χ4v) is 1.48. The summed E-state index contributed by atoms with van der Waals surface area (Å²) in [6.45, 7) is 0. The Kier molecular flexibility index (Phi) is 4.02. The quantitative estimate of drug-likeness (QED) is 0.430. The molecule has 94 valence electrons. The Hall–Kier alpha value is -2.12. The third-order valence-corrected chi connectivity index (χ3v) is 2.33. The lowest BCUT2D eigenvalue weighted by Gasteiger charge is -2.16. The second-order valence-electron chi connectivity index (χ2n) is 3.73. The van der Waals surface area contributed by atoms with Crippen LogP contribution in [0.4, 0.5) is 0 Å². The van der Waals surface area contributed by atoms with Gasteiger partial charge in [-0.15, -0.1) is 0 Å². The molecule has 1 heterocycles. The molecular formula is C9H13N3O5. The number of primary amides is 1. The van der Waals surface area contributed by atoms with E-state index in [0.29, 0.717) is 6.42 Å². The van der Waals surface area contributed by atoms with Gasteiger partial charge in [-0.2, -0.15) is 0 Å². The van der Waals surface area contributed by atoms with Crippen LogP contribution in [-0.2, 0) is 19.2 Å². The zero-order valence-electron chi connectivity index (χ0n) is 8.93. The van der Waals surface area contributed by atoms with Crippen LogP contribution in [0.2, 0.25) is 0 Å². The fraction of sp³-hybridized carbons (Fsp3) is 0.556. The van der Waals surface area contributed by atoms with E-state index < -0.39 is 36.3 Å². The summed E-state index contributed by atoms with van der Waals surface area (Å²) in [6, 6.07) is -2.10. The number of carboxylic acids is 1. The van der Waals surface area contributed by atoms with Gasteiger partial charge in [0.15, 0.2) is 0 Å². The number of aliphatic carboxylic acids is 1. The van der Waals surface area contributed by atoms with Gasteiger partial charge in [-0.05, 0) is 6.42 Å². The monoisotopic (exact) mass is 243 g/mol. The number of rotatable bonds is 5. The molecule has 1 aliphatic heterocycles. The van der Waals surface area contributed by atoms with E-state index in [4.69, 9.17) is 10.8 Å². The summed E-state index contributed by atoms with van der Waals surface area (Å²) in [5.74, 6) is -3.05. The van der Waals surface area contributed by atoms with E-state index in [1.54, 1.807) is 0 Å². The predicted molar refractivity (Wildman–Crippen MR) is 54.5 cm³/mol. The number of nitrogens with two attached hydrogens (primary N) is 1. The van der Waals surface area contributed by atoms with E-state index in [2.05, 4.69) is 10.6 Å². The van der Waals surface area contributed by atoms with Crippen LogP contribution in [-0.4, -0.2) is 40.9 Å². The molecular weight excluding hydrogens is 230 g/mol. The molecule has 17 heavy (non-hydrogen) atoms. The molecule has 0 unspecified atom stereocenters. The van der Waals surface area contributed by atoms with Gasteiger partial charge >= 0.3 is 5.97 Å². The molecule has 5 N–H and O–H groups in total. The van der Waals surface area contributed by atoms with Gasteiger partial charge in [-0.3, -0.25) is 14.4 Å². The number of carboxylic acid groups (broad SMARTS) is 1. The molecule has 1 saturated heterocycles. The predicted octanol–water partition coefficient (Wildman–Crippen LogP) is -2.29. The van der Waals surface area contributed by atoms with Crippen molar-refractivity contribution < 1.29 is 24.3 Å². The molecule has 0 bridgehead atoms. The fourth-order valence-electron chi connectivity index (χ4n) is 1.48. The zero-order valence-corrected chi connectivity index (χ0v) is 8.93. The maximum atomic E-state index is 11.5. The van der Waals surface area contributed by atoms with Crippen molar-refractivity contribution in [2.45, 2.75) is 31.3 Å². The molecule has 0 aromatic rings. The average molecular weight is 243 g/mol. The van der Waals surface area contributed by atoms with E-state index in [-0.39, 0.29) is 12.3 Å². The Morgan fingerprint density at radius 3 is 2.59 bits per heavy atom. The lowest BCUT2D eigenvalue weighted by molar-refractivity contribution is -0.143. The second-order valence-corrected chi connectivity index (χ2v) is 3.73. The summed E-state index contributed by atoms with van der Waals surface area (Å²) >= 11 is 0. The first-order valence-corrected chi connectivity index (χ1v) is 5.01. The van der Waals surface area contributed by atoms with E-state index in [0.717, 1.165) is 0 Å². The highest BCUT2D eigenvalue weighted by Crippen LogP contribution is 2.07. The van der Waals surface area contributed by atoms with Crippen LogP contribution in [0.1, 0.15) is 19.3 Å². The summed E-state index contributed by atoms with van der Waals surface area (Å²) in [4.78, 5) is 43.8. The van der Waals surface area contributed by atoms with E-state index >= 15 is 0 Å². The Morgan fingerprint density at radius 2 is 2.18 bits per heavy atom. The first-order valence-electron chi connectivity index (χ1n) is 5.01. The first kappa shape index (κ1) is 12.9. The molecule has 0 spiro atoms. The van der Waals surface area contributed by atoms with Crippen molar-refractivity contribution in [3.63, 3.8) is 0 Å². The largest absolute Gasteiger partial charge is 0.480 e. The van der Waals surface area contributed by atoms with Crippen LogP contribution in [0.5, 0.6) is 0 Å². The number of amides is 3. The van der Waals surface area contributed by atoms with Crippen molar-refractivity contribution in [3.05, 3.63) is 0 Å². The highest BCUT2D eigenvalue weighted by Gasteiger charge is 2.30. The maximum Gasteiger partial charge on any atom is 0.326 e. The van der Waals surface area contributed by atoms with Crippen LogP contribution >= 0.6 is 0 Å². The molecule has 2 atom stereocenters. The minimum absolute atomic E-state index is 0.228. The number of hydrogen-bond donors (Lipinski definition) is 4. The summed E-state index contributed by atoms with van der Waals surface area (Å²) in [6.07, 6.45) is 0.0565. The molecule has 8 heteroatoms. The minimum atomic E-state index is -1.36. The molecule has 1 rings (SSSR count). The van der Waals surface area contributed by atoms with Crippen molar-refractivity contribution >= 4 is 23.7 Å². The highest BCUT2D eigenvalue weighted by atomic mass is 16.4. The summed E-state index contributed by atoms with van der Waals surface area (Å²) in [5, 5.41) is 13.3. The van der Waals surface area contributed by atoms with Crippen LogP contribution in [0, 0.1) is 0 Å². The highest BCUT2D eigenvalue weighted by molar-refractivity contribution is 5.94. The number of carbonyl (C=O) groups is 4. The van der Waals surface area contributed by atoms with Gasteiger partial charge in [0, 0.05) is 6.42 Å². The minimum Gasteiger partial charge on any atom is -0.480 e. The summed E-state index contributed by atoms with van der Waals surface area (Å²) in [5.41, 5.74) is 4.86. The van der Waals surface area contributed by atoms with Gasteiger partial charge in [0.05, 0.1) is 6.42 Å². The Morgan fingerprint density at radius 1 is 1.53 bits per heavy atom. The Bertz CT molecular complexity index is 368. The van der Waals surface area contributed by atoms with Gasteiger partial charge in [0.2, 0.25) is 17.7 Å². The third kappa shape index (κ3) is 3.74. The van der Waals surface area contributed by atoms with Crippen LogP contribution in [0.3, 0.4) is 0 Å². The lowest BCUT2D eigenvalue weighted by atomic mass is 10.1. The van der Waals surface area contributed by atoms with Crippen molar-refractivity contribution in [3.8, 4) is 0 Å². The maximum absolute atomic E-state index is 11.5. The Balaban J connectivity index is 2.55. The molecule has 0 radical (unpaired) electrons. The van der Waals surface area contributed by atoms with Crippen LogP contribution in [0.25, 0.3) is 0 Å². The van der Waals surface area contributed by atoms with Crippen molar-refractivity contribution in [2.24, 2.45) is 5.73 Å². The molecule has 8 nitrogen and oxygen atoms in total. The van der Waals surface area contributed by atoms with E-state index in [9.17, 15) is 19.2 Å². The van der Waals surface area contributed by atoms with Gasteiger partial charge in [0.25, 0.3) is 0 Å². The van der Waals surface area contributed by atoms with E-state index in [1.165, 1.54) is 0 Å². The van der Waals surface area contributed by atoms with Gasteiger partial charge in [0.1, 0.15) is 12.1 Å². The normalized spacial score (nSPS) is 20.5. The zero-order chi connectivity index (χ0) is 13.0. The standard InChI is InChI=1S/C9H13N3O5/c10-6(13)3-5(9(16)17)12-8(15)4-1-2-7(14)11-4/h4-5H,1-3H2,(H2,10,13)(H,11,14)(H,12,15)(H,16,17)/t4-,5+/m1/s1. The topological polar surface area (TPSA) is 139 Å². The van der Waals surface area contributed by atoms with Gasteiger partial charge in [-0.25, -0.2) is 4.79 Å². The lowest BCUT2D eigenvalue weighted by Crippen LogP contribution is -2.49. The number of hydrogen-bond acceptors (Lipinski definition) is 4. The molecule has 0 aliphatic carbocycles. The Labute approximate surface area is 96.5 Å². The molecule has 1 fully saturated rings. The molecule has 3 amide bonds. The molecule has 0 aromatic heterocycles. The molecule has 1 aliphatic rings. The average Bonchev–Trinajstić information content (AvgIpc) is 2.63. The molecule has 0 saturated carbocycles. The van der Waals surface area contributed by atoms with Crippen molar-refractivity contribution in [2.75, 3.05) is 0 Å². The van der Waals surface area contributed by atoms with Crippen LogP contribution in [0.15, 0.2) is 0 Å². The SMILES string of the molecule is NC(=O)C[C@H](NC(=O)[C@H]1CCC(=O)N1)C(=O)O. The summed E-state index contributed by atoms with van der Waals surface area (Å²) < 4.78 is 0. The number of carbonyl (C=O) groups excluding carboxylic acids is 3. The van der Waals surface area contributed by atoms with Crippen LogP contribution < -0.4 is 16.4 Å². The van der Waals surface area contributed by atoms with Crippen molar-refractivity contribution in [1.29, 1.82) is 0 Å². The summed E-state index contributed by atoms with van der Waals surface area (Å²) in [7, 11) is 0. The van der Waals surface area contributed by atoms with Crippen molar-refractivity contribution in [1.82, 2.24) is 10.6 Å². The van der Waals surface area contributed by atoms with E-state index in [1.807, 2.05) is 0 Å². The second kappa shape index (κ2) is 5.28. The smallest absolute Gasteiger partial charge is 0.326 e. The number of nitrogens with one attached hydrogen (secondary N) is 2. The van der Waals surface area contributed by atoms with Gasteiger partial charge in [-0.1, -0.05) is 0 Å².